The van der Waals surface area contributed by atoms with Crippen LogP contribution in [-0.2, 0) is 15.7 Å². The Labute approximate surface area is 225 Å². The van der Waals surface area contributed by atoms with Crippen molar-refractivity contribution >= 4 is 35.1 Å². The third-order valence-corrected chi connectivity index (χ3v) is 6.98. The number of amides is 2. The van der Waals surface area contributed by atoms with Crippen LogP contribution in [-0.4, -0.2) is 53.2 Å². The second kappa shape index (κ2) is 11.8. The summed E-state index contributed by atoms with van der Waals surface area (Å²) < 4.78 is 50.0. The summed E-state index contributed by atoms with van der Waals surface area (Å²) in [5.41, 5.74) is -1.10. The van der Waals surface area contributed by atoms with Crippen LogP contribution in [0.15, 0.2) is 30.0 Å². The topological polar surface area (TPSA) is 132 Å². The number of nitrogens with zero attached hydrogens (tertiary/aromatic N) is 3. The number of ether oxygens (including phenoxy) is 2. The second-order valence-corrected chi connectivity index (χ2v) is 9.54. The van der Waals surface area contributed by atoms with Crippen LogP contribution in [0.4, 0.5) is 23.8 Å². The fourth-order valence-electron chi connectivity index (χ4n) is 4.26. The molecule has 0 aromatic carbocycles. The molecule has 1 fully saturated rings. The fourth-order valence-corrected chi connectivity index (χ4v) is 5.15. The summed E-state index contributed by atoms with van der Waals surface area (Å²) in [5, 5.41) is 6.01. The van der Waals surface area contributed by atoms with E-state index in [-0.39, 0.29) is 44.7 Å². The molecule has 206 valence electrons. The third kappa shape index (κ3) is 6.33. The molecule has 0 spiro atoms. The SMILES string of the molecule is COC(=O)c1cncc(-c2cnc(NC(=O)NC3CCCCC3)c(C(=O)OC)c2-c2nc(C(F)(F)F)cs2)c1. The van der Waals surface area contributed by atoms with Gasteiger partial charge < -0.3 is 14.8 Å². The molecule has 10 nitrogen and oxygen atoms in total. The molecule has 0 radical (unpaired) electrons. The molecule has 0 saturated heterocycles. The Balaban J connectivity index is 1.87. The highest BCUT2D eigenvalue weighted by Crippen LogP contribution is 2.41. The summed E-state index contributed by atoms with van der Waals surface area (Å²) in [5.74, 6) is -1.89. The fraction of sp³-hybridized carbons (Fsp3) is 0.360. The van der Waals surface area contributed by atoms with Crippen molar-refractivity contribution in [2.24, 2.45) is 0 Å². The van der Waals surface area contributed by atoms with Crippen LogP contribution in [0.1, 0.15) is 58.5 Å². The highest BCUT2D eigenvalue weighted by Gasteiger charge is 2.35. The monoisotopic (exact) mass is 563 g/mol. The van der Waals surface area contributed by atoms with Crippen molar-refractivity contribution in [1.29, 1.82) is 0 Å². The van der Waals surface area contributed by atoms with Gasteiger partial charge >= 0.3 is 24.1 Å². The average Bonchev–Trinajstić information content (AvgIpc) is 3.43. The zero-order chi connectivity index (χ0) is 28.2. The van der Waals surface area contributed by atoms with Crippen molar-refractivity contribution in [1.82, 2.24) is 20.3 Å². The van der Waals surface area contributed by atoms with E-state index in [0.717, 1.165) is 44.6 Å². The van der Waals surface area contributed by atoms with E-state index in [0.29, 0.717) is 11.3 Å². The number of pyridine rings is 2. The van der Waals surface area contributed by atoms with Crippen molar-refractivity contribution < 1.29 is 37.0 Å². The molecular formula is C25H24F3N5O5S. The normalized spacial score (nSPS) is 14.0. The van der Waals surface area contributed by atoms with Gasteiger partial charge in [0.25, 0.3) is 0 Å². The summed E-state index contributed by atoms with van der Waals surface area (Å²) in [6.07, 6.45) is 3.74. The Bertz CT molecular complexity index is 1390. The number of thiazole rings is 1. The molecule has 1 aliphatic rings. The lowest BCUT2D eigenvalue weighted by atomic mass is 9.96. The summed E-state index contributed by atoms with van der Waals surface area (Å²) in [7, 11) is 2.28. The standard InChI is InChI=1S/C25H24F3N5O5S/c1-37-22(34)14-8-13(9-29-10-14)16-11-30-20(33-24(36)31-15-6-4-3-5-7-15)19(23(35)38-2)18(16)21-32-17(12-39-21)25(26,27)28/h8-12,15H,3-7H2,1-2H3,(H2,30,31,33,36). The van der Waals surface area contributed by atoms with Crippen LogP contribution in [0.3, 0.4) is 0 Å². The van der Waals surface area contributed by atoms with E-state index >= 15 is 0 Å². The number of halogens is 3. The zero-order valence-corrected chi connectivity index (χ0v) is 21.7. The van der Waals surface area contributed by atoms with E-state index in [9.17, 15) is 27.6 Å². The minimum atomic E-state index is -4.74. The predicted octanol–water partition coefficient (Wildman–Crippen LogP) is 5.31. The lowest BCUT2D eigenvalue weighted by Crippen LogP contribution is -2.39. The van der Waals surface area contributed by atoms with Crippen LogP contribution in [0.25, 0.3) is 21.7 Å². The lowest BCUT2D eigenvalue weighted by molar-refractivity contribution is -0.140. The first-order valence-electron chi connectivity index (χ1n) is 11.9. The smallest absolute Gasteiger partial charge is 0.434 e. The Hall–Kier alpha value is -4.07. The number of alkyl halides is 3. The minimum absolute atomic E-state index is 0.0560. The molecule has 2 N–H and O–H groups in total. The summed E-state index contributed by atoms with van der Waals surface area (Å²) in [4.78, 5) is 49.9. The largest absolute Gasteiger partial charge is 0.465 e. The summed E-state index contributed by atoms with van der Waals surface area (Å²) in [6, 6.07) is 0.712. The van der Waals surface area contributed by atoms with Gasteiger partial charge in [0.2, 0.25) is 0 Å². The van der Waals surface area contributed by atoms with Crippen LogP contribution in [0.2, 0.25) is 0 Å². The summed E-state index contributed by atoms with van der Waals surface area (Å²) >= 11 is 0.644. The van der Waals surface area contributed by atoms with Gasteiger partial charge in [0.15, 0.2) is 5.69 Å². The molecule has 0 unspecified atom stereocenters. The van der Waals surface area contributed by atoms with Crippen molar-refractivity contribution in [2.45, 2.75) is 44.3 Å². The summed E-state index contributed by atoms with van der Waals surface area (Å²) in [6.45, 7) is 0. The van der Waals surface area contributed by atoms with Gasteiger partial charge in [-0.05, 0) is 18.9 Å². The maximum atomic E-state index is 13.4. The van der Waals surface area contributed by atoms with Gasteiger partial charge in [-0.3, -0.25) is 10.3 Å². The van der Waals surface area contributed by atoms with E-state index in [1.807, 2.05) is 0 Å². The quantitative estimate of drug-likeness (QED) is 0.386. The molecule has 0 aliphatic heterocycles. The van der Waals surface area contributed by atoms with E-state index in [2.05, 4.69) is 25.6 Å². The predicted molar refractivity (Wildman–Crippen MR) is 135 cm³/mol. The van der Waals surface area contributed by atoms with Crippen molar-refractivity contribution in [3.8, 4) is 21.7 Å². The van der Waals surface area contributed by atoms with Gasteiger partial charge in [-0.25, -0.2) is 24.4 Å². The van der Waals surface area contributed by atoms with Gasteiger partial charge in [0.1, 0.15) is 16.4 Å². The molecule has 3 heterocycles. The number of urea groups is 1. The molecule has 1 saturated carbocycles. The third-order valence-electron chi connectivity index (χ3n) is 6.12. The van der Waals surface area contributed by atoms with Gasteiger partial charge in [0, 0.05) is 46.7 Å². The van der Waals surface area contributed by atoms with Crippen molar-refractivity contribution in [2.75, 3.05) is 19.5 Å². The number of methoxy groups -OCH3 is 2. The molecule has 0 bridgehead atoms. The number of aromatic nitrogens is 3. The number of esters is 2. The van der Waals surface area contributed by atoms with Crippen molar-refractivity contribution in [3.05, 3.63) is 46.9 Å². The Kier molecular flexibility index (Phi) is 8.43. The number of carbonyl (C=O) groups is 3. The van der Waals surface area contributed by atoms with Gasteiger partial charge in [0.05, 0.1) is 19.8 Å². The maximum absolute atomic E-state index is 13.4. The van der Waals surface area contributed by atoms with E-state index in [4.69, 9.17) is 9.47 Å². The highest BCUT2D eigenvalue weighted by atomic mass is 32.1. The molecule has 3 aromatic heterocycles. The Morgan fingerprint density at radius 3 is 2.38 bits per heavy atom. The van der Waals surface area contributed by atoms with Crippen LogP contribution < -0.4 is 10.6 Å². The first-order valence-corrected chi connectivity index (χ1v) is 12.8. The first kappa shape index (κ1) is 28.0. The first-order chi connectivity index (χ1) is 18.6. The maximum Gasteiger partial charge on any atom is 0.434 e. The molecule has 4 rings (SSSR count). The van der Waals surface area contributed by atoms with Crippen molar-refractivity contribution in [3.63, 3.8) is 0 Å². The Morgan fingerprint density at radius 1 is 1.03 bits per heavy atom. The molecule has 14 heteroatoms. The minimum Gasteiger partial charge on any atom is -0.465 e. The van der Waals surface area contributed by atoms with E-state index in [1.54, 1.807) is 0 Å². The number of anilines is 1. The van der Waals surface area contributed by atoms with Crippen LogP contribution >= 0.6 is 11.3 Å². The molecule has 1 aliphatic carbocycles. The van der Waals surface area contributed by atoms with Crippen LogP contribution in [0, 0.1) is 0 Å². The van der Waals surface area contributed by atoms with Gasteiger partial charge in [-0.2, -0.15) is 13.2 Å². The number of carbonyl (C=O) groups excluding carboxylic acids is 3. The average molecular weight is 564 g/mol. The highest BCUT2D eigenvalue weighted by molar-refractivity contribution is 7.13. The van der Waals surface area contributed by atoms with Gasteiger partial charge in [-0.1, -0.05) is 19.3 Å². The Morgan fingerprint density at radius 2 is 1.74 bits per heavy atom. The molecule has 0 atom stereocenters. The molecular weight excluding hydrogens is 539 g/mol. The van der Waals surface area contributed by atoms with Crippen LogP contribution in [0.5, 0.6) is 0 Å². The second-order valence-electron chi connectivity index (χ2n) is 8.68. The molecule has 39 heavy (non-hydrogen) atoms. The van der Waals surface area contributed by atoms with Gasteiger partial charge in [-0.15, -0.1) is 11.3 Å². The number of rotatable bonds is 6. The van der Waals surface area contributed by atoms with E-state index in [1.165, 1.54) is 31.8 Å². The lowest BCUT2D eigenvalue weighted by Gasteiger charge is -2.23. The molecule has 2 amide bonds. The number of hydrogen-bond donors (Lipinski definition) is 2. The number of hydrogen-bond acceptors (Lipinski definition) is 9. The zero-order valence-electron chi connectivity index (χ0n) is 20.9. The van der Waals surface area contributed by atoms with E-state index < -0.39 is 29.8 Å². The number of nitrogens with one attached hydrogen (secondary N) is 2. The molecule has 3 aromatic rings.